The molecule has 2 atom stereocenters. The summed E-state index contributed by atoms with van der Waals surface area (Å²) in [7, 11) is 0. The van der Waals surface area contributed by atoms with Crippen LogP contribution >= 0.6 is 0 Å². The molecule has 29 heavy (non-hydrogen) atoms. The van der Waals surface area contributed by atoms with Crippen molar-refractivity contribution >= 4 is 11.8 Å². The number of benzene rings is 2. The van der Waals surface area contributed by atoms with E-state index < -0.39 is 34.6 Å². The molecule has 0 aromatic heterocycles. The van der Waals surface area contributed by atoms with Crippen molar-refractivity contribution in [2.75, 3.05) is 0 Å². The molecule has 0 bridgehead atoms. The number of hydrogen-bond donors (Lipinski definition) is 2. The quantitative estimate of drug-likeness (QED) is 0.453. The molecule has 0 saturated carbocycles. The molecule has 0 spiro atoms. The van der Waals surface area contributed by atoms with Crippen LogP contribution in [0.4, 0.5) is 0 Å². The zero-order valence-corrected chi connectivity index (χ0v) is 19.7. The third-order valence-corrected chi connectivity index (χ3v) is 7.32. The Bertz CT molecular complexity index is 711. The van der Waals surface area contributed by atoms with Gasteiger partial charge in [-0.05, 0) is 0 Å². The van der Waals surface area contributed by atoms with E-state index in [0.717, 1.165) is 11.1 Å². The van der Waals surface area contributed by atoms with Gasteiger partial charge < -0.3 is 9.41 Å². The average Bonchev–Trinajstić information content (AvgIpc) is 2.73. The number of hydrogen-bond acceptors (Lipinski definition) is 2. The van der Waals surface area contributed by atoms with Gasteiger partial charge in [-0.1, -0.05) is 0 Å². The van der Waals surface area contributed by atoms with Crippen LogP contribution in [0.15, 0.2) is 60.7 Å². The van der Waals surface area contributed by atoms with E-state index in [2.05, 4.69) is 6.52 Å². The summed E-state index contributed by atoms with van der Waals surface area (Å²) in [4.78, 5) is 25.7. The summed E-state index contributed by atoms with van der Waals surface area (Å²) in [6.07, 6.45) is 1.40. The summed E-state index contributed by atoms with van der Waals surface area (Å²) in [6, 6.07) is 19.6. The molecule has 156 valence electrons. The van der Waals surface area contributed by atoms with E-state index in [1.54, 1.807) is 0 Å². The summed E-state index contributed by atoms with van der Waals surface area (Å²) in [5.41, 5.74) is 0.831. The number of amides is 2. The molecule has 2 aromatic carbocycles. The maximum absolute atomic E-state index is 12.8. The summed E-state index contributed by atoms with van der Waals surface area (Å²) >= 11 is -1.58. The molecule has 0 aliphatic rings. The molecular formula is C22H28F2N2O2Zr. The second-order valence-corrected chi connectivity index (χ2v) is 8.98. The van der Waals surface area contributed by atoms with Gasteiger partial charge in [0, 0.05) is 0 Å². The smallest absolute Gasteiger partial charge is 1.00 e. The van der Waals surface area contributed by atoms with Crippen molar-refractivity contribution < 1.29 is 42.8 Å². The van der Waals surface area contributed by atoms with Gasteiger partial charge in [0.15, 0.2) is 0 Å². The molecule has 7 heteroatoms. The van der Waals surface area contributed by atoms with Crippen LogP contribution in [0.25, 0.3) is 0 Å². The van der Waals surface area contributed by atoms with E-state index >= 15 is 0 Å². The summed E-state index contributed by atoms with van der Waals surface area (Å²) in [6.45, 7) is 7.94. The number of rotatable bonds is 8. The Morgan fingerprint density at radius 1 is 0.724 bits per heavy atom. The molecule has 2 unspecified atom stereocenters. The Labute approximate surface area is 184 Å². The molecule has 0 fully saturated rings. The van der Waals surface area contributed by atoms with Gasteiger partial charge in [0.1, 0.15) is 0 Å². The summed E-state index contributed by atoms with van der Waals surface area (Å²) in [5, 5.41) is 0. The first-order valence-electron chi connectivity index (χ1n) is 9.35. The SMILES string of the molecule is CCC(C)(C(=O)[NH][Zr+2][NH]C(=O)C(C)(CC)c1ccccc1)c1ccccc1.[F-].[F-]. The molecule has 2 aromatic rings. The van der Waals surface area contributed by atoms with E-state index in [9.17, 15) is 9.59 Å². The molecular weight excluding hydrogens is 453 g/mol. The van der Waals surface area contributed by atoms with Gasteiger partial charge in [-0.2, -0.15) is 0 Å². The largest absolute Gasteiger partial charge is 1.00 e. The first kappa shape index (κ1) is 27.1. The van der Waals surface area contributed by atoms with Crippen LogP contribution in [0.3, 0.4) is 0 Å². The van der Waals surface area contributed by atoms with E-state index in [4.69, 9.17) is 0 Å². The van der Waals surface area contributed by atoms with Gasteiger partial charge in [0.25, 0.3) is 0 Å². The van der Waals surface area contributed by atoms with Crippen molar-refractivity contribution in [3.05, 3.63) is 71.8 Å². The van der Waals surface area contributed by atoms with Crippen molar-refractivity contribution in [2.45, 2.75) is 51.4 Å². The molecule has 0 aliphatic carbocycles. The van der Waals surface area contributed by atoms with Crippen LogP contribution in [-0.2, 0) is 44.2 Å². The van der Waals surface area contributed by atoms with E-state index in [0.29, 0.717) is 12.8 Å². The maximum atomic E-state index is 12.8. The minimum Gasteiger partial charge on any atom is -1.00 e. The fourth-order valence-electron chi connectivity index (χ4n) is 3.02. The van der Waals surface area contributed by atoms with Gasteiger partial charge in [0.2, 0.25) is 0 Å². The number of nitrogens with one attached hydrogen (secondary N) is 2. The molecule has 4 nitrogen and oxygen atoms in total. The summed E-state index contributed by atoms with van der Waals surface area (Å²) in [5.74, 6) is -0.0259. The van der Waals surface area contributed by atoms with Crippen LogP contribution in [0.5, 0.6) is 0 Å². The fraction of sp³-hybridized carbons (Fsp3) is 0.364. The van der Waals surface area contributed by atoms with Crippen LogP contribution in [-0.4, -0.2) is 11.8 Å². The first-order valence-corrected chi connectivity index (χ1v) is 11.8. The predicted octanol–water partition coefficient (Wildman–Crippen LogP) is -2.12. The zero-order chi connectivity index (χ0) is 19.9. The Hall–Kier alpha value is -1.88. The van der Waals surface area contributed by atoms with Gasteiger partial charge in [-0.3, -0.25) is 0 Å². The van der Waals surface area contributed by atoms with E-state index in [1.165, 1.54) is 0 Å². The standard InChI is InChI=1S/2C11H15NO.2FH.Zr/c2*1-3-11(2,10(12)13)9-7-5-4-6-8-9;;;/h2*4-8H,3H2,1-2H3,(H2,12,13);2*1H;/q;;;;+4/p-4. The van der Waals surface area contributed by atoms with Crippen molar-refractivity contribution in [3.8, 4) is 0 Å². The third-order valence-electron chi connectivity index (χ3n) is 5.59. The van der Waals surface area contributed by atoms with E-state index in [1.807, 2.05) is 88.4 Å². The summed E-state index contributed by atoms with van der Waals surface area (Å²) < 4.78 is 6.10. The monoisotopic (exact) mass is 480 g/mol. The zero-order valence-electron chi connectivity index (χ0n) is 17.3. The second kappa shape index (κ2) is 12.0. The average molecular weight is 482 g/mol. The molecule has 2 amide bonds. The third kappa shape index (κ3) is 6.05. The Morgan fingerprint density at radius 2 is 1.03 bits per heavy atom. The predicted molar refractivity (Wildman–Crippen MR) is 104 cm³/mol. The normalized spacial score (nSPS) is 13.9. The van der Waals surface area contributed by atoms with Crippen LogP contribution in [0.2, 0.25) is 0 Å². The number of halogens is 2. The van der Waals surface area contributed by atoms with Crippen molar-refractivity contribution in [1.29, 1.82) is 0 Å². The van der Waals surface area contributed by atoms with E-state index in [-0.39, 0.29) is 21.2 Å². The van der Waals surface area contributed by atoms with Crippen molar-refractivity contribution in [3.63, 3.8) is 0 Å². The van der Waals surface area contributed by atoms with Crippen molar-refractivity contribution in [1.82, 2.24) is 6.52 Å². The molecule has 2 N–H and O–H groups in total. The molecule has 0 aliphatic heterocycles. The van der Waals surface area contributed by atoms with Gasteiger partial charge in [-0.25, -0.2) is 0 Å². The Kier molecular flexibility index (Phi) is 11.2. The maximum Gasteiger partial charge on any atom is -1.00 e. The van der Waals surface area contributed by atoms with Gasteiger partial charge >= 0.3 is 175 Å². The Morgan fingerprint density at radius 3 is 1.31 bits per heavy atom. The first-order chi connectivity index (χ1) is 12.9. The molecule has 2 rings (SSSR count). The van der Waals surface area contributed by atoms with Crippen molar-refractivity contribution in [2.24, 2.45) is 0 Å². The number of carbonyl (C=O) groups is 2. The molecule has 0 radical (unpaired) electrons. The Balaban J connectivity index is 0.00000392. The molecule has 0 saturated heterocycles. The minimum absolute atomic E-state index is 0. The van der Waals surface area contributed by atoms with Gasteiger partial charge in [0.05, 0.1) is 0 Å². The van der Waals surface area contributed by atoms with Crippen LogP contribution in [0.1, 0.15) is 51.7 Å². The second-order valence-electron chi connectivity index (χ2n) is 7.14. The van der Waals surface area contributed by atoms with Gasteiger partial charge in [-0.15, -0.1) is 0 Å². The minimum atomic E-state index is -1.58. The molecule has 0 heterocycles. The van der Waals surface area contributed by atoms with Crippen LogP contribution < -0.4 is 15.9 Å². The fourth-order valence-corrected chi connectivity index (χ4v) is 5.09. The topological polar surface area (TPSA) is 58.2 Å². The van der Waals surface area contributed by atoms with Crippen LogP contribution in [0, 0.1) is 0 Å². The number of carbonyl (C=O) groups excluding carboxylic acids is 2.